The van der Waals surface area contributed by atoms with Crippen molar-refractivity contribution in [3.8, 4) is 0 Å². The van der Waals surface area contributed by atoms with E-state index in [-0.39, 0.29) is 30.2 Å². The lowest BCUT2D eigenvalue weighted by Crippen LogP contribution is -2.49. The quantitative estimate of drug-likeness (QED) is 0.760. The van der Waals surface area contributed by atoms with Crippen molar-refractivity contribution in [1.82, 2.24) is 14.7 Å². The molecule has 0 aromatic heterocycles. The molecule has 0 bridgehead atoms. The summed E-state index contributed by atoms with van der Waals surface area (Å²) in [6.07, 6.45) is 4.19. The molecule has 27 heavy (non-hydrogen) atoms. The Balaban J connectivity index is 1.72. The standard InChI is InChI=1S/C20H26FN3O3/c1-14(15-7-9-16(21)10-8-15)22(2)17(25)13-24-18(26)20(23(3)19(24)27)11-5-4-6-12-20/h7-10,14H,4-6,11-13H2,1-3H3. The predicted molar refractivity (Wildman–Crippen MR) is 98.3 cm³/mol. The molecule has 1 unspecified atom stereocenters. The monoisotopic (exact) mass is 375 g/mol. The minimum atomic E-state index is -0.781. The SMILES string of the molecule is CC(c1ccc(F)cc1)N(C)C(=O)CN1C(=O)N(C)C2(CCCCC2)C1=O. The molecule has 1 aliphatic heterocycles. The van der Waals surface area contributed by atoms with Gasteiger partial charge >= 0.3 is 6.03 Å². The van der Waals surface area contributed by atoms with Crippen LogP contribution in [0.15, 0.2) is 24.3 Å². The topological polar surface area (TPSA) is 60.9 Å². The average Bonchev–Trinajstić information content (AvgIpc) is 2.84. The van der Waals surface area contributed by atoms with Crippen molar-refractivity contribution in [3.05, 3.63) is 35.6 Å². The first kappa shape index (κ1) is 19.3. The molecule has 146 valence electrons. The van der Waals surface area contributed by atoms with Gasteiger partial charge in [0, 0.05) is 14.1 Å². The first-order valence-electron chi connectivity index (χ1n) is 9.39. The van der Waals surface area contributed by atoms with Crippen molar-refractivity contribution in [1.29, 1.82) is 0 Å². The van der Waals surface area contributed by atoms with Crippen LogP contribution in [0.3, 0.4) is 0 Å². The molecule has 2 aliphatic rings. The molecule has 4 amide bonds. The third-order valence-electron chi connectivity index (χ3n) is 6.10. The molecule has 1 aromatic carbocycles. The van der Waals surface area contributed by atoms with Gasteiger partial charge in [0.15, 0.2) is 0 Å². The number of amides is 4. The van der Waals surface area contributed by atoms with E-state index in [1.165, 1.54) is 21.9 Å². The van der Waals surface area contributed by atoms with Crippen molar-refractivity contribution in [2.45, 2.75) is 50.6 Å². The number of carbonyl (C=O) groups is 3. The summed E-state index contributed by atoms with van der Waals surface area (Å²) in [6, 6.07) is 5.24. The largest absolute Gasteiger partial charge is 0.337 e. The van der Waals surface area contributed by atoms with E-state index in [1.54, 1.807) is 26.2 Å². The second-order valence-corrected chi connectivity index (χ2v) is 7.56. The number of likely N-dealkylation sites (N-methyl/N-ethyl adjacent to an activating group) is 2. The van der Waals surface area contributed by atoms with Gasteiger partial charge in [-0.3, -0.25) is 14.5 Å². The number of hydrogen-bond donors (Lipinski definition) is 0. The lowest BCUT2D eigenvalue weighted by atomic mass is 9.81. The number of nitrogens with zero attached hydrogens (tertiary/aromatic N) is 3. The van der Waals surface area contributed by atoms with E-state index < -0.39 is 11.6 Å². The number of carbonyl (C=O) groups excluding carboxylic acids is 3. The predicted octanol–water partition coefficient (Wildman–Crippen LogP) is 2.94. The van der Waals surface area contributed by atoms with Crippen molar-refractivity contribution in [2.75, 3.05) is 20.6 Å². The van der Waals surface area contributed by atoms with Gasteiger partial charge in [-0.05, 0) is 37.5 Å². The first-order valence-corrected chi connectivity index (χ1v) is 9.39. The molecule has 1 spiro atoms. The van der Waals surface area contributed by atoms with E-state index in [2.05, 4.69) is 0 Å². The number of rotatable bonds is 4. The fourth-order valence-corrected chi connectivity index (χ4v) is 4.10. The zero-order valence-corrected chi connectivity index (χ0v) is 16.1. The van der Waals surface area contributed by atoms with E-state index in [0.717, 1.165) is 29.7 Å². The fourth-order valence-electron chi connectivity index (χ4n) is 4.10. The molecule has 1 heterocycles. The second kappa shape index (κ2) is 7.29. The van der Waals surface area contributed by atoms with Gasteiger partial charge in [0.2, 0.25) is 5.91 Å². The molecule has 1 aliphatic carbocycles. The molecule has 7 heteroatoms. The van der Waals surface area contributed by atoms with Crippen LogP contribution in [-0.2, 0) is 9.59 Å². The summed E-state index contributed by atoms with van der Waals surface area (Å²) >= 11 is 0. The van der Waals surface area contributed by atoms with Crippen LogP contribution in [0, 0.1) is 5.82 Å². The maximum Gasteiger partial charge on any atom is 0.327 e. The molecule has 6 nitrogen and oxygen atoms in total. The van der Waals surface area contributed by atoms with Crippen molar-refractivity contribution < 1.29 is 18.8 Å². The van der Waals surface area contributed by atoms with Gasteiger partial charge in [0.05, 0.1) is 6.04 Å². The minimum absolute atomic E-state index is 0.258. The Morgan fingerprint density at radius 1 is 1.19 bits per heavy atom. The van der Waals surface area contributed by atoms with E-state index in [1.807, 2.05) is 6.92 Å². The Morgan fingerprint density at radius 3 is 2.37 bits per heavy atom. The second-order valence-electron chi connectivity index (χ2n) is 7.56. The van der Waals surface area contributed by atoms with Gasteiger partial charge in [-0.15, -0.1) is 0 Å². The van der Waals surface area contributed by atoms with Crippen molar-refractivity contribution in [3.63, 3.8) is 0 Å². The lowest BCUT2D eigenvalue weighted by molar-refractivity contribution is -0.140. The summed E-state index contributed by atoms with van der Waals surface area (Å²) < 4.78 is 13.1. The third kappa shape index (κ3) is 3.31. The highest BCUT2D eigenvalue weighted by molar-refractivity contribution is 6.08. The van der Waals surface area contributed by atoms with Crippen LogP contribution in [0.4, 0.5) is 9.18 Å². The van der Waals surface area contributed by atoms with Gasteiger partial charge in [0.1, 0.15) is 17.9 Å². The number of imide groups is 1. The molecule has 1 aromatic rings. The van der Waals surface area contributed by atoms with E-state index in [0.29, 0.717) is 12.8 Å². The first-order chi connectivity index (χ1) is 12.8. The summed E-state index contributed by atoms with van der Waals surface area (Å²) in [6.45, 7) is 1.55. The molecule has 1 saturated carbocycles. The van der Waals surface area contributed by atoms with E-state index in [4.69, 9.17) is 0 Å². The zero-order valence-electron chi connectivity index (χ0n) is 16.1. The Morgan fingerprint density at radius 2 is 1.78 bits per heavy atom. The van der Waals surface area contributed by atoms with Crippen LogP contribution < -0.4 is 0 Å². The molecule has 3 rings (SSSR count). The van der Waals surface area contributed by atoms with Gasteiger partial charge in [-0.1, -0.05) is 31.4 Å². The zero-order chi connectivity index (χ0) is 19.8. The Hall–Kier alpha value is -2.44. The third-order valence-corrected chi connectivity index (χ3v) is 6.10. The Kier molecular flexibility index (Phi) is 5.22. The molecule has 2 fully saturated rings. The maximum absolute atomic E-state index is 13.1. The van der Waals surface area contributed by atoms with Gasteiger partial charge in [-0.25, -0.2) is 9.18 Å². The minimum Gasteiger partial charge on any atom is -0.337 e. The number of hydrogen-bond acceptors (Lipinski definition) is 3. The summed E-state index contributed by atoms with van der Waals surface area (Å²) in [4.78, 5) is 42.5. The normalized spacial score (nSPS) is 20.3. The van der Waals surface area contributed by atoms with Crippen LogP contribution >= 0.6 is 0 Å². The highest BCUT2D eigenvalue weighted by Gasteiger charge is 2.55. The number of halogens is 1. The lowest BCUT2D eigenvalue weighted by Gasteiger charge is -2.35. The van der Waals surface area contributed by atoms with E-state index in [9.17, 15) is 18.8 Å². The molecular formula is C20H26FN3O3. The Labute approximate surface area is 158 Å². The van der Waals surface area contributed by atoms with Crippen LogP contribution in [0.25, 0.3) is 0 Å². The molecule has 1 saturated heterocycles. The molecule has 0 N–H and O–H groups in total. The van der Waals surface area contributed by atoms with Gasteiger partial charge < -0.3 is 9.80 Å². The summed E-state index contributed by atoms with van der Waals surface area (Å²) in [5, 5.41) is 0. The van der Waals surface area contributed by atoms with Gasteiger partial charge in [-0.2, -0.15) is 0 Å². The summed E-state index contributed by atoms with van der Waals surface area (Å²) in [5.74, 6) is -0.922. The van der Waals surface area contributed by atoms with Crippen LogP contribution in [-0.4, -0.2) is 58.7 Å². The summed E-state index contributed by atoms with van der Waals surface area (Å²) in [5.41, 5.74) is 0.00344. The van der Waals surface area contributed by atoms with Gasteiger partial charge in [0.25, 0.3) is 5.91 Å². The van der Waals surface area contributed by atoms with E-state index >= 15 is 0 Å². The number of benzene rings is 1. The summed E-state index contributed by atoms with van der Waals surface area (Å²) in [7, 11) is 3.28. The molecular weight excluding hydrogens is 349 g/mol. The Bertz CT molecular complexity index is 743. The van der Waals surface area contributed by atoms with Crippen molar-refractivity contribution in [2.24, 2.45) is 0 Å². The number of urea groups is 1. The highest BCUT2D eigenvalue weighted by atomic mass is 19.1. The van der Waals surface area contributed by atoms with Crippen molar-refractivity contribution >= 4 is 17.8 Å². The highest BCUT2D eigenvalue weighted by Crippen LogP contribution is 2.39. The fraction of sp³-hybridized carbons (Fsp3) is 0.550. The smallest absolute Gasteiger partial charge is 0.327 e. The van der Waals surface area contributed by atoms with Crippen LogP contribution in [0.5, 0.6) is 0 Å². The molecule has 0 radical (unpaired) electrons. The van der Waals surface area contributed by atoms with Crippen LogP contribution in [0.1, 0.15) is 50.6 Å². The van der Waals surface area contributed by atoms with Crippen LogP contribution in [0.2, 0.25) is 0 Å². The average molecular weight is 375 g/mol. The molecule has 1 atom stereocenters. The maximum atomic E-state index is 13.1.